The van der Waals surface area contributed by atoms with Gasteiger partial charge in [0.15, 0.2) is 0 Å². The van der Waals surface area contributed by atoms with E-state index in [-0.39, 0.29) is 11.9 Å². The van der Waals surface area contributed by atoms with Gasteiger partial charge in [0.1, 0.15) is 5.82 Å². The minimum atomic E-state index is -0.176. The SMILES string of the molecule is Cc1ccc(F)c(NC2CCc3ccccc32)c1. The van der Waals surface area contributed by atoms with Crippen LogP contribution in [0.3, 0.4) is 0 Å². The topological polar surface area (TPSA) is 12.0 Å². The Morgan fingerprint density at radius 2 is 2.00 bits per heavy atom. The molecule has 0 saturated heterocycles. The lowest BCUT2D eigenvalue weighted by molar-refractivity contribution is 0.624. The number of aryl methyl sites for hydroxylation is 2. The molecule has 0 amide bonds. The largest absolute Gasteiger partial charge is 0.376 e. The molecule has 18 heavy (non-hydrogen) atoms. The third-order valence-corrected chi connectivity index (χ3v) is 3.58. The number of hydrogen-bond acceptors (Lipinski definition) is 1. The summed E-state index contributed by atoms with van der Waals surface area (Å²) in [6.45, 7) is 1.98. The van der Waals surface area contributed by atoms with Crippen LogP contribution in [0, 0.1) is 12.7 Å². The normalized spacial score (nSPS) is 17.6. The Labute approximate surface area is 107 Å². The molecule has 0 aromatic heterocycles. The highest BCUT2D eigenvalue weighted by atomic mass is 19.1. The van der Waals surface area contributed by atoms with Crippen molar-refractivity contribution in [3.05, 3.63) is 65.0 Å². The maximum absolute atomic E-state index is 13.7. The van der Waals surface area contributed by atoms with Gasteiger partial charge in [0.05, 0.1) is 11.7 Å². The van der Waals surface area contributed by atoms with Crippen LogP contribution in [-0.4, -0.2) is 0 Å². The molecule has 0 saturated carbocycles. The van der Waals surface area contributed by atoms with Gasteiger partial charge in [-0.25, -0.2) is 4.39 Å². The second-order valence-electron chi connectivity index (χ2n) is 4.92. The molecule has 0 heterocycles. The summed E-state index contributed by atoms with van der Waals surface area (Å²) in [7, 11) is 0. The van der Waals surface area contributed by atoms with Crippen LogP contribution in [0.25, 0.3) is 0 Å². The van der Waals surface area contributed by atoms with E-state index in [0.717, 1.165) is 18.4 Å². The van der Waals surface area contributed by atoms with E-state index in [9.17, 15) is 4.39 Å². The summed E-state index contributed by atoms with van der Waals surface area (Å²) in [4.78, 5) is 0. The van der Waals surface area contributed by atoms with Gasteiger partial charge in [0, 0.05) is 0 Å². The lowest BCUT2D eigenvalue weighted by Crippen LogP contribution is -2.08. The number of rotatable bonds is 2. The highest BCUT2D eigenvalue weighted by Crippen LogP contribution is 2.34. The van der Waals surface area contributed by atoms with Crippen LogP contribution in [0.1, 0.15) is 29.2 Å². The molecule has 3 rings (SSSR count). The standard InChI is InChI=1S/C16H16FN/c1-11-6-8-14(17)16(10-11)18-15-9-7-12-4-2-3-5-13(12)15/h2-6,8,10,15,18H,7,9H2,1H3. The molecular formula is C16H16FN. The summed E-state index contributed by atoms with van der Waals surface area (Å²) in [5.74, 6) is -0.176. The van der Waals surface area contributed by atoms with Gasteiger partial charge in [0.25, 0.3) is 0 Å². The van der Waals surface area contributed by atoms with Crippen molar-refractivity contribution in [1.82, 2.24) is 0 Å². The number of fused-ring (bicyclic) bond motifs is 1. The molecule has 0 aliphatic heterocycles. The first-order valence-electron chi connectivity index (χ1n) is 6.34. The summed E-state index contributed by atoms with van der Waals surface area (Å²) < 4.78 is 13.7. The molecule has 2 aromatic carbocycles. The highest BCUT2D eigenvalue weighted by Gasteiger charge is 2.22. The molecule has 1 aliphatic rings. The Hall–Kier alpha value is -1.83. The third kappa shape index (κ3) is 1.99. The van der Waals surface area contributed by atoms with Gasteiger partial charge in [-0.1, -0.05) is 30.3 Å². The van der Waals surface area contributed by atoms with Crippen molar-refractivity contribution in [2.24, 2.45) is 0 Å². The number of benzene rings is 2. The van der Waals surface area contributed by atoms with Gasteiger partial charge in [-0.3, -0.25) is 0 Å². The molecular weight excluding hydrogens is 225 g/mol. The molecule has 1 unspecified atom stereocenters. The smallest absolute Gasteiger partial charge is 0.146 e. The van der Waals surface area contributed by atoms with E-state index in [1.165, 1.54) is 17.2 Å². The first-order valence-corrected chi connectivity index (χ1v) is 6.34. The summed E-state index contributed by atoms with van der Waals surface area (Å²) in [6.07, 6.45) is 2.11. The van der Waals surface area contributed by atoms with E-state index in [1.54, 1.807) is 6.07 Å². The van der Waals surface area contributed by atoms with Crippen LogP contribution in [0.15, 0.2) is 42.5 Å². The van der Waals surface area contributed by atoms with Crippen LogP contribution >= 0.6 is 0 Å². The fourth-order valence-corrected chi connectivity index (χ4v) is 2.64. The summed E-state index contributed by atoms with van der Waals surface area (Å²) >= 11 is 0. The molecule has 1 aliphatic carbocycles. The van der Waals surface area contributed by atoms with Crippen molar-refractivity contribution in [2.45, 2.75) is 25.8 Å². The lowest BCUT2D eigenvalue weighted by Gasteiger charge is -2.16. The summed E-state index contributed by atoms with van der Waals surface area (Å²) in [5.41, 5.74) is 4.36. The summed E-state index contributed by atoms with van der Waals surface area (Å²) in [6, 6.07) is 13.8. The second-order valence-corrected chi connectivity index (χ2v) is 4.92. The van der Waals surface area contributed by atoms with Gasteiger partial charge < -0.3 is 5.32 Å². The second kappa shape index (κ2) is 4.45. The molecule has 1 atom stereocenters. The lowest BCUT2D eigenvalue weighted by atomic mass is 10.1. The monoisotopic (exact) mass is 241 g/mol. The molecule has 92 valence electrons. The minimum absolute atomic E-state index is 0.176. The van der Waals surface area contributed by atoms with Crippen LogP contribution in [-0.2, 0) is 6.42 Å². The van der Waals surface area contributed by atoms with Crippen LogP contribution in [0.5, 0.6) is 0 Å². The predicted octanol–water partition coefficient (Wildman–Crippen LogP) is 4.23. The van der Waals surface area contributed by atoms with Crippen molar-refractivity contribution < 1.29 is 4.39 Å². The molecule has 1 N–H and O–H groups in total. The van der Waals surface area contributed by atoms with Gasteiger partial charge >= 0.3 is 0 Å². The first kappa shape index (κ1) is 11.3. The Morgan fingerprint density at radius 1 is 1.17 bits per heavy atom. The van der Waals surface area contributed by atoms with Crippen LogP contribution < -0.4 is 5.32 Å². The predicted molar refractivity (Wildman–Crippen MR) is 72.3 cm³/mol. The maximum Gasteiger partial charge on any atom is 0.146 e. The van der Waals surface area contributed by atoms with Crippen molar-refractivity contribution in [1.29, 1.82) is 0 Å². The molecule has 2 heteroatoms. The van der Waals surface area contributed by atoms with E-state index in [0.29, 0.717) is 5.69 Å². The Kier molecular flexibility index (Phi) is 2.78. The highest BCUT2D eigenvalue weighted by molar-refractivity contribution is 5.50. The minimum Gasteiger partial charge on any atom is -0.376 e. The van der Waals surface area contributed by atoms with Crippen molar-refractivity contribution in [2.75, 3.05) is 5.32 Å². The third-order valence-electron chi connectivity index (χ3n) is 3.58. The number of halogens is 1. The van der Waals surface area contributed by atoms with E-state index < -0.39 is 0 Å². The number of hydrogen-bond donors (Lipinski definition) is 1. The zero-order valence-electron chi connectivity index (χ0n) is 10.4. The zero-order valence-corrected chi connectivity index (χ0v) is 10.4. The quantitative estimate of drug-likeness (QED) is 0.829. The van der Waals surface area contributed by atoms with Crippen LogP contribution in [0.4, 0.5) is 10.1 Å². The van der Waals surface area contributed by atoms with Crippen molar-refractivity contribution >= 4 is 5.69 Å². The van der Waals surface area contributed by atoms with Crippen molar-refractivity contribution in [3.63, 3.8) is 0 Å². The fraction of sp³-hybridized carbons (Fsp3) is 0.250. The van der Waals surface area contributed by atoms with Crippen molar-refractivity contribution in [3.8, 4) is 0 Å². The average Bonchev–Trinajstić information content (AvgIpc) is 2.78. The molecule has 2 aromatic rings. The van der Waals surface area contributed by atoms with Gasteiger partial charge in [-0.2, -0.15) is 0 Å². The average molecular weight is 241 g/mol. The number of nitrogens with one attached hydrogen (secondary N) is 1. The van der Waals surface area contributed by atoms with E-state index in [4.69, 9.17) is 0 Å². The van der Waals surface area contributed by atoms with E-state index in [2.05, 4.69) is 23.5 Å². The fourth-order valence-electron chi connectivity index (χ4n) is 2.64. The van der Waals surface area contributed by atoms with Gasteiger partial charge in [-0.15, -0.1) is 0 Å². The van der Waals surface area contributed by atoms with Gasteiger partial charge in [-0.05, 0) is 48.6 Å². The molecule has 0 fully saturated rings. The van der Waals surface area contributed by atoms with E-state index in [1.807, 2.05) is 19.1 Å². The van der Waals surface area contributed by atoms with E-state index >= 15 is 0 Å². The maximum atomic E-state index is 13.7. The molecule has 0 radical (unpaired) electrons. The zero-order chi connectivity index (χ0) is 12.5. The molecule has 1 nitrogen and oxygen atoms in total. The molecule has 0 bridgehead atoms. The molecule has 0 spiro atoms. The first-order chi connectivity index (χ1) is 8.74. The Balaban J connectivity index is 1.88. The summed E-state index contributed by atoms with van der Waals surface area (Å²) in [5, 5.41) is 3.33. The van der Waals surface area contributed by atoms with Gasteiger partial charge in [0.2, 0.25) is 0 Å². The Morgan fingerprint density at radius 3 is 2.89 bits per heavy atom. The number of anilines is 1. The Bertz CT molecular complexity index is 577. The van der Waals surface area contributed by atoms with Crippen LogP contribution in [0.2, 0.25) is 0 Å².